The van der Waals surface area contributed by atoms with Crippen molar-refractivity contribution in [2.75, 3.05) is 19.8 Å². The van der Waals surface area contributed by atoms with Gasteiger partial charge in [0.25, 0.3) is 0 Å². The lowest BCUT2D eigenvalue weighted by atomic mass is 10.1. The highest BCUT2D eigenvalue weighted by atomic mass is 16.5. The van der Waals surface area contributed by atoms with Gasteiger partial charge in [-0.05, 0) is 26.2 Å². The van der Waals surface area contributed by atoms with Gasteiger partial charge in [0.1, 0.15) is 6.61 Å². The maximum absolute atomic E-state index is 11.2. The Morgan fingerprint density at radius 3 is 2.53 bits per heavy atom. The van der Waals surface area contributed by atoms with E-state index in [-0.39, 0.29) is 18.1 Å². The summed E-state index contributed by atoms with van der Waals surface area (Å²) < 4.78 is 5.18. The summed E-state index contributed by atoms with van der Waals surface area (Å²) in [5.41, 5.74) is 5.33. The third-order valence-electron chi connectivity index (χ3n) is 1.75. The summed E-state index contributed by atoms with van der Waals surface area (Å²) in [6.45, 7) is 9.18. The Labute approximate surface area is 92.6 Å². The van der Waals surface area contributed by atoms with Crippen molar-refractivity contribution >= 4 is 5.91 Å². The van der Waals surface area contributed by atoms with E-state index < -0.39 is 0 Å². The van der Waals surface area contributed by atoms with Gasteiger partial charge in [-0.3, -0.25) is 4.79 Å². The zero-order valence-corrected chi connectivity index (χ0v) is 10.3. The predicted molar refractivity (Wildman–Crippen MR) is 61.6 cm³/mol. The summed E-state index contributed by atoms with van der Waals surface area (Å²) in [6, 6.07) is 0. The zero-order valence-electron chi connectivity index (χ0n) is 10.3. The minimum absolute atomic E-state index is 0.0695. The van der Waals surface area contributed by atoms with Gasteiger partial charge >= 0.3 is 0 Å². The maximum Gasteiger partial charge on any atom is 0.245 e. The molecule has 0 heterocycles. The van der Waals surface area contributed by atoms with Crippen LogP contribution in [0.25, 0.3) is 0 Å². The largest absolute Gasteiger partial charge is 0.370 e. The summed E-state index contributed by atoms with van der Waals surface area (Å²) in [6.07, 6.45) is 0.994. The number of hydrogen-bond donors (Lipinski definition) is 2. The third kappa shape index (κ3) is 11.3. The van der Waals surface area contributed by atoms with E-state index in [0.717, 1.165) is 6.42 Å². The van der Waals surface area contributed by atoms with Crippen LogP contribution in [0.5, 0.6) is 0 Å². The van der Waals surface area contributed by atoms with Gasteiger partial charge in [0.2, 0.25) is 5.91 Å². The summed E-state index contributed by atoms with van der Waals surface area (Å²) in [5.74, 6) is 0.536. The van der Waals surface area contributed by atoms with E-state index in [4.69, 9.17) is 10.5 Å². The van der Waals surface area contributed by atoms with E-state index >= 15 is 0 Å². The van der Waals surface area contributed by atoms with E-state index in [2.05, 4.69) is 19.2 Å². The highest BCUT2D eigenvalue weighted by molar-refractivity contribution is 5.77. The molecule has 0 atom stereocenters. The normalized spacial score (nSPS) is 11.9. The molecule has 3 N–H and O–H groups in total. The lowest BCUT2D eigenvalue weighted by molar-refractivity contribution is -0.126. The number of carbonyl (C=O) groups is 1. The molecule has 1 amide bonds. The zero-order chi connectivity index (χ0) is 11.9. The van der Waals surface area contributed by atoms with Crippen LogP contribution in [0.15, 0.2) is 0 Å². The molecule has 0 rings (SSSR count). The standard InChI is InChI=1S/C11H24N2O2/c1-9(2)5-6-13-10(14)7-15-8-11(3,4)12/h9H,5-8,12H2,1-4H3,(H,13,14). The molecule has 4 nitrogen and oxygen atoms in total. The van der Waals surface area contributed by atoms with Crippen LogP contribution >= 0.6 is 0 Å². The second kappa shape index (κ2) is 6.80. The number of ether oxygens (including phenoxy) is 1. The molecule has 0 saturated heterocycles. The molecule has 15 heavy (non-hydrogen) atoms. The smallest absolute Gasteiger partial charge is 0.245 e. The first-order chi connectivity index (χ1) is 6.81. The molecule has 0 aromatic rings. The number of hydrogen-bond acceptors (Lipinski definition) is 3. The number of nitrogens with two attached hydrogens (primary N) is 1. The van der Waals surface area contributed by atoms with Crippen molar-refractivity contribution in [3.05, 3.63) is 0 Å². The first-order valence-electron chi connectivity index (χ1n) is 5.44. The van der Waals surface area contributed by atoms with Gasteiger partial charge in [0, 0.05) is 12.1 Å². The molecule has 0 bridgehead atoms. The van der Waals surface area contributed by atoms with Crippen molar-refractivity contribution in [3.63, 3.8) is 0 Å². The van der Waals surface area contributed by atoms with Crippen LogP contribution in [0, 0.1) is 5.92 Å². The first-order valence-corrected chi connectivity index (χ1v) is 5.44. The van der Waals surface area contributed by atoms with Crippen LogP contribution in [-0.4, -0.2) is 31.2 Å². The average Bonchev–Trinajstić information content (AvgIpc) is 2.00. The molecule has 0 aliphatic rings. The van der Waals surface area contributed by atoms with Crippen molar-refractivity contribution in [1.29, 1.82) is 0 Å². The predicted octanol–water partition coefficient (Wildman–Crippen LogP) is 0.903. The Bertz CT molecular complexity index is 186. The molecule has 0 aliphatic carbocycles. The van der Waals surface area contributed by atoms with Gasteiger partial charge < -0.3 is 15.8 Å². The molecule has 0 aromatic heterocycles. The van der Waals surface area contributed by atoms with Crippen molar-refractivity contribution in [2.45, 2.75) is 39.7 Å². The molecule has 0 saturated carbocycles. The van der Waals surface area contributed by atoms with Gasteiger partial charge in [-0.2, -0.15) is 0 Å². The van der Waals surface area contributed by atoms with Crippen LogP contribution in [0.3, 0.4) is 0 Å². The fourth-order valence-electron chi connectivity index (χ4n) is 0.958. The maximum atomic E-state index is 11.2. The number of amides is 1. The second-order valence-electron chi connectivity index (χ2n) is 5.01. The SMILES string of the molecule is CC(C)CCNC(=O)COCC(C)(C)N. The van der Waals surface area contributed by atoms with Crippen LogP contribution in [0.1, 0.15) is 34.1 Å². The quantitative estimate of drug-likeness (QED) is 0.664. The van der Waals surface area contributed by atoms with Gasteiger partial charge in [-0.25, -0.2) is 0 Å². The first kappa shape index (κ1) is 14.4. The molecular weight excluding hydrogens is 192 g/mol. The van der Waals surface area contributed by atoms with Crippen molar-refractivity contribution in [2.24, 2.45) is 11.7 Å². The second-order valence-corrected chi connectivity index (χ2v) is 5.01. The van der Waals surface area contributed by atoms with Gasteiger partial charge in [0.15, 0.2) is 0 Å². The molecule has 0 spiro atoms. The Morgan fingerprint density at radius 1 is 1.47 bits per heavy atom. The van der Waals surface area contributed by atoms with Gasteiger partial charge in [-0.15, -0.1) is 0 Å². The number of rotatable bonds is 7. The van der Waals surface area contributed by atoms with E-state index in [9.17, 15) is 4.79 Å². The number of carbonyl (C=O) groups excluding carboxylic acids is 1. The minimum Gasteiger partial charge on any atom is -0.370 e. The van der Waals surface area contributed by atoms with E-state index in [1.807, 2.05) is 13.8 Å². The molecule has 4 heteroatoms. The molecule has 0 radical (unpaired) electrons. The Morgan fingerprint density at radius 2 is 2.07 bits per heavy atom. The lowest BCUT2D eigenvalue weighted by Gasteiger charge is -2.17. The fourth-order valence-corrected chi connectivity index (χ4v) is 0.958. The van der Waals surface area contributed by atoms with Crippen LogP contribution < -0.4 is 11.1 Å². The summed E-state index contributed by atoms with van der Waals surface area (Å²) in [4.78, 5) is 11.2. The summed E-state index contributed by atoms with van der Waals surface area (Å²) in [5, 5.41) is 2.80. The molecule has 0 unspecified atom stereocenters. The lowest BCUT2D eigenvalue weighted by Crippen LogP contribution is -2.39. The van der Waals surface area contributed by atoms with Crippen LogP contribution in [0.4, 0.5) is 0 Å². The summed E-state index contributed by atoms with van der Waals surface area (Å²) in [7, 11) is 0. The van der Waals surface area contributed by atoms with E-state index in [1.54, 1.807) is 0 Å². The van der Waals surface area contributed by atoms with E-state index in [0.29, 0.717) is 19.1 Å². The van der Waals surface area contributed by atoms with E-state index in [1.165, 1.54) is 0 Å². The van der Waals surface area contributed by atoms with Crippen LogP contribution in [0.2, 0.25) is 0 Å². The Balaban J connectivity index is 3.42. The topological polar surface area (TPSA) is 64.3 Å². The Kier molecular flexibility index (Phi) is 6.52. The molecule has 90 valence electrons. The molecule has 0 aromatic carbocycles. The van der Waals surface area contributed by atoms with Crippen LogP contribution in [-0.2, 0) is 9.53 Å². The van der Waals surface area contributed by atoms with Gasteiger partial charge in [0.05, 0.1) is 6.61 Å². The number of nitrogens with one attached hydrogen (secondary N) is 1. The molecular formula is C11H24N2O2. The van der Waals surface area contributed by atoms with Gasteiger partial charge in [-0.1, -0.05) is 13.8 Å². The Hall–Kier alpha value is -0.610. The van der Waals surface area contributed by atoms with Crippen molar-refractivity contribution in [1.82, 2.24) is 5.32 Å². The highest BCUT2D eigenvalue weighted by Crippen LogP contribution is 1.97. The average molecular weight is 216 g/mol. The third-order valence-corrected chi connectivity index (χ3v) is 1.75. The molecule has 0 fully saturated rings. The minimum atomic E-state index is -0.377. The summed E-state index contributed by atoms with van der Waals surface area (Å²) >= 11 is 0. The monoisotopic (exact) mass is 216 g/mol. The fraction of sp³-hybridized carbons (Fsp3) is 0.909. The van der Waals surface area contributed by atoms with Crippen molar-refractivity contribution in [3.8, 4) is 0 Å². The molecule has 0 aliphatic heterocycles. The highest BCUT2D eigenvalue weighted by Gasteiger charge is 2.11. The van der Waals surface area contributed by atoms with Crippen molar-refractivity contribution < 1.29 is 9.53 Å².